The number of nitrogens with zero attached hydrogens (tertiary/aromatic N) is 1. The van der Waals surface area contributed by atoms with Crippen molar-refractivity contribution in [1.82, 2.24) is 4.90 Å². The third-order valence-electron chi connectivity index (χ3n) is 3.18. The highest BCUT2D eigenvalue weighted by molar-refractivity contribution is 6.40. The van der Waals surface area contributed by atoms with Crippen molar-refractivity contribution in [2.24, 2.45) is 0 Å². The summed E-state index contributed by atoms with van der Waals surface area (Å²) in [7, 11) is 3.60. The largest absolute Gasteiger partial charge is 0.399 e. The molecule has 0 aromatic heterocycles. The van der Waals surface area contributed by atoms with Gasteiger partial charge in [-0.3, -0.25) is 4.79 Å². The summed E-state index contributed by atoms with van der Waals surface area (Å²) >= 11 is 12.1. The van der Waals surface area contributed by atoms with Crippen LogP contribution in [0.4, 0.5) is 11.4 Å². The highest BCUT2D eigenvalue weighted by atomic mass is 35.5. The van der Waals surface area contributed by atoms with E-state index in [1.165, 1.54) is 0 Å². The molecule has 118 valence electrons. The molecule has 1 aromatic rings. The molecule has 0 heterocycles. The molecule has 0 bridgehead atoms. The average Bonchev–Trinajstić information content (AvgIpc) is 2.40. The van der Waals surface area contributed by atoms with Gasteiger partial charge in [-0.2, -0.15) is 0 Å². The number of halogens is 2. The van der Waals surface area contributed by atoms with E-state index in [1.807, 2.05) is 14.0 Å². The van der Waals surface area contributed by atoms with Crippen molar-refractivity contribution in [1.29, 1.82) is 0 Å². The number of hydrogen-bond acceptors (Lipinski definition) is 4. The van der Waals surface area contributed by atoms with Gasteiger partial charge in [0.2, 0.25) is 5.91 Å². The summed E-state index contributed by atoms with van der Waals surface area (Å²) in [5.41, 5.74) is 6.47. The Labute approximate surface area is 135 Å². The molecule has 0 radical (unpaired) electrons. The van der Waals surface area contributed by atoms with Gasteiger partial charge < -0.3 is 20.7 Å². The van der Waals surface area contributed by atoms with Crippen LogP contribution in [0.5, 0.6) is 0 Å². The van der Waals surface area contributed by atoms with Crippen LogP contribution in [0.2, 0.25) is 10.0 Å². The highest BCUT2D eigenvalue weighted by Gasteiger charge is 2.13. The van der Waals surface area contributed by atoms with Crippen LogP contribution in [0, 0.1) is 0 Å². The molecule has 0 saturated heterocycles. The van der Waals surface area contributed by atoms with Crippen molar-refractivity contribution >= 4 is 40.5 Å². The number of methoxy groups -OCH3 is 1. The molecule has 1 rings (SSSR count). The van der Waals surface area contributed by atoms with Gasteiger partial charge >= 0.3 is 0 Å². The zero-order valence-corrected chi connectivity index (χ0v) is 14.0. The molecular formula is C14H21Cl2N3O2. The molecular weight excluding hydrogens is 313 g/mol. The lowest BCUT2D eigenvalue weighted by atomic mass is 10.2. The monoisotopic (exact) mass is 333 g/mol. The Morgan fingerprint density at radius 2 is 2.00 bits per heavy atom. The maximum absolute atomic E-state index is 12.0. The predicted octanol–water partition coefficient (Wildman–Crippen LogP) is 2.87. The summed E-state index contributed by atoms with van der Waals surface area (Å²) in [6, 6.07) is 3.34. The zero-order chi connectivity index (χ0) is 16.0. The van der Waals surface area contributed by atoms with E-state index in [2.05, 4.69) is 10.2 Å². The molecule has 0 spiro atoms. The molecule has 0 fully saturated rings. The summed E-state index contributed by atoms with van der Waals surface area (Å²) in [5.74, 6) is -0.153. The fourth-order valence-electron chi connectivity index (χ4n) is 1.78. The van der Waals surface area contributed by atoms with Crippen LogP contribution < -0.4 is 11.1 Å². The first-order chi connectivity index (χ1) is 9.85. The number of carbonyl (C=O) groups excluding carboxylic acids is 1. The van der Waals surface area contributed by atoms with Gasteiger partial charge in [0.25, 0.3) is 0 Å². The normalized spacial score (nSPS) is 12.5. The van der Waals surface area contributed by atoms with Crippen molar-refractivity contribution in [2.75, 3.05) is 38.4 Å². The lowest BCUT2D eigenvalue weighted by molar-refractivity contribution is -0.116. The van der Waals surface area contributed by atoms with Crippen molar-refractivity contribution in [2.45, 2.75) is 19.4 Å². The van der Waals surface area contributed by atoms with Crippen molar-refractivity contribution < 1.29 is 9.53 Å². The Bertz CT molecular complexity index is 474. The number of nitrogens with two attached hydrogens (primary N) is 1. The second kappa shape index (κ2) is 8.44. The number of nitrogen functional groups attached to an aromatic ring is 1. The van der Waals surface area contributed by atoms with Crippen LogP contribution in [0.1, 0.15) is 13.3 Å². The number of rotatable bonds is 7. The number of amides is 1. The van der Waals surface area contributed by atoms with E-state index in [1.54, 1.807) is 19.2 Å². The van der Waals surface area contributed by atoms with E-state index in [0.29, 0.717) is 41.0 Å². The summed E-state index contributed by atoms with van der Waals surface area (Å²) in [6.07, 6.45) is 0.335. The molecule has 1 amide bonds. The van der Waals surface area contributed by atoms with Gasteiger partial charge in [0.05, 0.1) is 22.3 Å². The lowest BCUT2D eigenvalue weighted by Crippen LogP contribution is -2.35. The minimum absolute atomic E-state index is 0.153. The minimum Gasteiger partial charge on any atom is -0.399 e. The molecule has 1 atom stereocenters. The van der Waals surface area contributed by atoms with E-state index in [0.717, 1.165) is 0 Å². The van der Waals surface area contributed by atoms with E-state index in [9.17, 15) is 4.79 Å². The molecule has 0 aliphatic rings. The average molecular weight is 334 g/mol. The van der Waals surface area contributed by atoms with Gasteiger partial charge in [-0.1, -0.05) is 23.2 Å². The quantitative estimate of drug-likeness (QED) is 0.753. The molecule has 0 saturated carbocycles. The number of hydrogen-bond donors (Lipinski definition) is 2. The van der Waals surface area contributed by atoms with Gasteiger partial charge in [0.15, 0.2) is 0 Å². The molecule has 5 nitrogen and oxygen atoms in total. The van der Waals surface area contributed by atoms with Crippen LogP contribution in [0.25, 0.3) is 0 Å². The van der Waals surface area contributed by atoms with E-state index in [-0.39, 0.29) is 11.9 Å². The number of ether oxygens (including phenoxy) is 1. The maximum Gasteiger partial charge on any atom is 0.225 e. The first-order valence-electron chi connectivity index (χ1n) is 6.58. The lowest BCUT2D eigenvalue weighted by Gasteiger charge is -2.23. The van der Waals surface area contributed by atoms with Gasteiger partial charge in [-0.05, 0) is 26.1 Å². The van der Waals surface area contributed by atoms with Crippen LogP contribution >= 0.6 is 23.2 Å². The molecule has 1 unspecified atom stereocenters. The number of likely N-dealkylation sites (N-methyl/N-ethyl adjacent to an activating group) is 1. The number of nitrogens with one attached hydrogen (secondary N) is 1. The van der Waals surface area contributed by atoms with E-state index in [4.69, 9.17) is 33.7 Å². The van der Waals surface area contributed by atoms with Crippen LogP contribution in [0.15, 0.2) is 12.1 Å². The minimum atomic E-state index is -0.153. The Morgan fingerprint density at radius 3 is 2.52 bits per heavy atom. The van der Waals surface area contributed by atoms with Gasteiger partial charge in [0.1, 0.15) is 0 Å². The summed E-state index contributed by atoms with van der Waals surface area (Å²) in [4.78, 5) is 14.0. The van der Waals surface area contributed by atoms with Crippen LogP contribution in [0.3, 0.4) is 0 Å². The Kier molecular flexibility index (Phi) is 7.25. The SMILES string of the molecule is COCC(C)N(C)CCC(=O)Nc1c(Cl)cc(N)cc1Cl. The smallest absolute Gasteiger partial charge is 0.225 e. The first kappa shape index (κ1) is 18.0. The summed E-state index contributed by atoms with van der Waals surface area (Å²) in [5, 5.41) is 3.37. The van der Waals surface area contributed by atoms with Gasteiger partial charge in [-0.25, -0.2) is 0 Å². The topological polar surface area (TPSA) is 67.6 Å². The summed E-state index contributed by atoms with van der Waals surface area (Å²) < 4.78 is 5.08. The Morgan fingerprint density at radius 1 is 1.43 bits per heavy atom. The fourth-order valence-corrected chi connectivity index (χ4v) is 2.38. The van der Waals surface area contributed by atoms with Crippen molar-refractivity contribution in [3.8, 4) is 0 Å². The van der Waals surface area contributed by atoms with Crippen molar-refractivity contribution in [3.63, 3.8) is 0 Å². The maximum atomic E-state index is 12.0. The molecule has 7 heteroatoms. The van der Waals surface area contributed by atoms with Gasteiger partial charge in [0, 0.05) is 31.8 Å². The third-order valence-corrected chi connectivity index (χ3v) is 3.78. The predicted molar refractivity (Wildman–Crippen MR) is 88.1 cm³/mol. The standard InChI is InChI=1S/C14H21Cl2N3O2/c1-9(8-21-3)19(2)5-4-13(20)18-14-11(15)6-10(17)7-12(14)16/h6-7,9H,4-5,8,17H2,1-3H3,(H,18,20). The Balaban J connectivity index is 2.55. The second-order valence-corrected chi connectivity index (χ2v) is 5.76. The Hall–Kier alpha value is -1.01. The number of anilines is 2. The molecule has 0 aliphatic heterocycles. The van der Waals surface area contributed by atoms with E-state index < -0.39 is 0 Å². The number of carbonyl (C=O) groups is 1. The first-order valence-corrected chi connectivity index (χ1v) is 7.34. The highest BCUT2D eigenvalue weighted by Crippen LogP contribution is 2.32. The molecule has 1 aromatic carbocycles. The fraction of sp³-hybridized carbons (Fsp3) is 0.500. The van der Waals surface area contributed by atoms with Crippen LogP contribution in [-0.2, 0) is 9.53 Å². The van der Waals surface area contributed by atoms with Crippen LogP contribution in [-0.4, -0.2) is 44.2 Å². The second-order valence-electron chi connectivity index (χ2n) is 4.94. The summed E-state index contributed by atoms with van der Waals surface area (Å²) in [6.45, 7) is 3.27. The molecule has 21 heavy (non-hydrogen) atoms. The molecule has 3 N–H and O–H groups in total. The number of benzene rings is 1. The van der Waals surface area contributed by atoms with Crippen molar-refractivity contribution in [3.05, 3.63) is 22.2 Å². The molecule has 0 aliphatic carbocycles. The zero-order valence-electron chi connectivity index (χ0n) is 12.5. The van der Waals surface area contributed by atoms with E-state index >= 15 is 0 Å². The third kappa shape index (κ3) is 5.71. The van der Waals surface area contributed by atoms with Gasteiger partial charge in [-0.15, -0.1) is 0 Å².